The number of rotatable bonds is 8. The van der Waals surface area contributed by atoms with E-state index in [1.165, 1.54) is 11.1 Å². The van der Waals surface area contributed by atoms with Crippen LogP contribution < -0.4 is 5.32 Å². The second kappa shape index (κ2) is 11.2. The molecule has 2 heterocycles. The fourth-order valence-electron chi connectivity index (χ4n) is 4.87. The molecule has 2 aromatic carbocycles. The van der Waals surface area contributed by atoms with Gasteiger partial charge in [0.25, 0.3) is 5.91 Å². The lowest BCUT2D eigenvalue weighted by Gasteiger charge is -2.39. The highest BCUT2D eigenvalue weighted by Crippen LogP contribution is 2.36. The maximum absolute atomic E-state index is 12.9. The molecule has 7 nitrogen and oxygen atoms in total. The zero-order valence-corrected chi connectivity index (χ0v) is 22.3. The Bertz CT molecular complexity index is 1410. The summed E-state index contributed by atoms with van der Waals surface area (Å²) < 4.78 is 24.0. The largest absolute Gasteiger partial charge is 0.348 e. The van der Waals surface area contributed by atoms with E-state index < -0.39 is 9.84 Å². The number of amides is 1. The number of nitriles is 1. The summed E-state index contributed by atoms with van der Waals surface area (Å²) in [5, 5.41) is 12.0. The van der Waals surface area contributed by atoms with Gasteiger partial charge in [-0.3, -0.25) is 14.7 Å². The SMILES string of the molecule is CCS(=O)(=O)c1ccc(CNC(=O)c2ccc3c(c2)CCN(Cc2ccc(C#N)cn2)[C@@H]3C(C)C)cc1. The molecule has 1 aliphatic rings. The van der Waals surface area contributed by atoms with Crippen LogP contribution >= 0.6 is 0 Å². The van der Waals surface area contributed by atoms with E-state index in [-0.39, 0.29) is 17.7 Å². The first-order valence-corrected chi connectivity index (χ1v) is 14.2. The predicted octanol–water partition coefficient (Wildman–Crippen LogP) is 4.43. The number of benzene rings is 2. The van der Waals surface area contributed by atoms with E-state index in [0.717, 1.165) is 24.2 Å². The lowest BCUT2D eigenvalue weighted by Crippen LogP contribution is -2.38. The molecule has 0 aliphatic carbocycles. The van der Waals surface area contributed by atoms with E-state index in [1.54, 1.807) is 43.5 Å². The van der Waals surface area contributed by atoms with E-state index in [2.05, 4.69) is 41.2 Å². The average molecular weight is 517 g/mol. The van der Waals surface area contributed by atoms with Crippen molar-refractivity contribution >= 4 is 15.7 Å². The van der Waals surface area contributed by atoms with Crippen molar-refractivity contribution < 1.29 is 13.2 Å². The van der Waals surface area contributed by atoms with E-state index in [1.807, 2.05) is 18.2 Å². The van der Waals surface area contributed by atoms with Crippen molar-refractivity contribution in [2.45, 2.75) is 51.2 Å². The third-order valence-corrected chi connectivity index (χ3v) is 8.60. The zero-order chi connectivity index (χ0) is 26.6. The van der Waals surface area contributed by atoms with Crippen molar-refractivity contribution in [3.05, 3.63) is 94.3 Å². The topological polar surface area (TPSA) is 103 Å². The molecular weight excluding hydrogens is 484 g/mol. The zero-order valence-electron chi connectivity index (χ0n) is 21.4. The van der Waals surface area contributed by atoms with Crippen LogP contribution in [-0.4, -0.2) is 36.5 Å². The van der Waals surface area contributed by atoms with Gasteiger partial charge < -0.3 is 5.32 Å². The predicted molar refractivity (Wildman–Crippen MR) is 142 cm³/mol. The fourth-order valence-corrected chi connectivity index (χ4v) is 5.75. The van der Waals surface area contributed by atoms with Crippen molar-refractivity contribution in [2.75, 3.05) is 12.3 Å². The number of carbonyl (C=O) groups excluding carboxylic acids is 1. The molecule has 192 valence electrons. The summed E-state index contributed by atoms with van der Waals surface area (Å²) in [6, 6.07) is 18.6. The van der Waals surface area contributed by atoms with Gasteiger partial charge in [-0.2, -0.15) is 5.26 Å². The van der Waals surface area contributed by atoms with Crippen LogP contribution in [0.4, 0.5) is 0 Å². The third kappa shape index (κ3) is 6.07. The summed E-state index contributed by atoms with van der Waals surface area (Å²) in [6.45, 7) is 7.91. The van der Waals surface area contributed by atoms with Crippen LogP contribution in [0.5, 0.6) is 0 Å². The molecule has 1 aliphatic heterocycles. The highest BCUT2D eigenvalue weighted by Gasteiger charge is 2.30. The van der Waals surface area contributed by atoms with E-state index >= 15 is 0 Å². The highest BCUT2D eigenvalue weighted by atomic mass is 32.2. The first kappa shape index (κ1) is 26.5. The van der Waals surface area contributed by atoms with Crippen molar-refractivity contribution in [1.29, 1.82) is 5.26 Å². The van der Waals surface area contributed by atoms with Crippen molar-refractivity contribution in [1.82, 2.24) is 15.2 Å². The molecular formula is C29H32N4O3S. The minimum atomic E-state index is -3.24. The summed E-state index contributed by atoms with van der Waals surface area (Å²) in [4.78, 5) is 20.1. The number of aromatic nitrogens is 1. The Morgan fingerprint density at radius 1 is 1.16 bits per heavy atom. The Labute approximate surface area is 219 Å². The normalized spacial score (nSPS) is 15.7. The first-order valence-electron chi connectivity index (χ1n) is 12.5. The molecule has 0 spiro atoms. The van der Waals surface area contributed by atoms with Gasteiger partial charge in [0.15, 0.2) is 9.84 Å². The number of fused-ring (bicyclic) bond motifs is 1. The Morgan fingerprint density at radius 3 is 2.54 bits per heavy atom. The van der Waals surface area contributed by atoms with Crippen molar-refractivity contribution in [2.24, 2.45) is 5.92 Å². The van der Waals surface area contributed by atoms with Gasteiger partial charge in [0.1, 0.15) is 6.07 Å². The Kier molecular flexibility index (Phi) is 8.06. The summed E-state index contributed by atoms with van der Waals surface area (Å²) in [7, 11) is -3.24. The number of carbonyl (C=O) groups is 1. The minimum absolute atomic E-state index is 0.0587. The first-order chi connectivity index (χ1) is 17.7. The molecule has 1 atom stereocenters. The van der Waals surface area contributed by atoms with E-state index in [9.17, 15) is 13.2 Å². The fraction of sp³-hybridized carbons (Fsp3) is 0.345. The Morgan fingerprint density at radius 2 is 1.92 bits per heavy atom. The molecule has 1 aromatic heterocycles. The molecule has 8 heteroatoms. The van der Waals surface area contributed by atoms with Gasteiger partial charge in [0, 0.05) is 37.4 Å². The second-order valence-electron chi connectivity index (χ2n) is 9.70. The number of nitrogens with one attached hydrogen (secondary N) is 1. The average Bonchev–Trinajstić information content (AvgIpc) is 2.91. The van der Waals surface area contributed by atoms with Crippen molar-refractivity contribution in [3.8, 4) is 6.07 Å². The van der Waals surface area contributed by atoms with Crippen LogP contribution in [0.1, 0.15) is 65.1 Å². The summed E-state index contributed by atoms with van der Waals surface area (Å²) in [5.41, 5.74) is 5.37. The van der Waals surface area contributed by atoms with Gasteiger partial charge in [-0.15, -0.1) is 0 Å². The molecule has 0 bridgehead atoms. The van der Waals surface area contributed by atoms with Crippen LogP contribution in [0.15, 0.2) is 65.7 Å². The number of hydrogen-bond acceptors (Lipinski definition) is 6. The van der Waals surface area contributed by atoms with Gasteiger partial charge in [-0.05, 0) is 65.4 Å². The highest BCUT2D eigenvalue weighted by molar-refractivity contribution is 7.91. The van der Waals surface area contributed by atoms with Gasteiger partial charge in [0.05, 0.1) is 21.9 Å². The third-order valence-electron chi connectivity index (χ3n) is 6.85. The summed E-state index contributed by atoms with van der Waals surface area (Å²) >= 11 is 0. The molecule has 0 fully saturated rings. The lowest BCUT2D eigenvalue weighted by atomic mass is 9.85. The van der Waals surface area contributed by atoms with Gasteiger partial charge >= 0.3 is 0 Å². The van der Waals surface area contributed by atoms with Gasteiger partial charge in [0.2, 0.25) is 0 Å². The standard InChI is InChI=1S/C29H32N4O3S/c1-4-37(35,36)26-10-6-21(7-11-26)17-32-29(34)24-8-12-27-23(15-24)13-14-33(28(27)20(2)3)19-25-9-5-22(16-30)18-31-25/h5-12,15,18,20,28H,4,13-14,17,19H2,1-3H3,(H,32,34)/t28-/m1/s1. The minimum Gasteiger partial charge on any atom is -0.348 e. The number of pyridine rings is 1. The number of nitrogens with zero attached hydrogens (tertiary/aromatic N) is 3. The second-order valence-corrected chi connectivity index (χ2v) is 12.0. The molecule has 1 N–H and O–H groups in total. The molecule has 3 aromatic rings. The molecule has 0 saturated heterocycles. The molecule has 0 radical (unpaired) electrons. The van der Waals surface area contributed by atoms with Crippen LogP contribution in [0.25, 0.3) is 0 Å². The van der Waals surface area contributed by atoms with Crippen LogP contribution in [0, 0.1) is 17.2 Å². The summed E-state index contributed by atoms with van der Waals surface area (Å²) in [5.74, 6) is 0.276. The lowest BCUT2D eigenvalue weighted by molar-refractivity contribution is 0.0950. The Balaban J connectivity index is 1.45. The van der Waals surface area contributed by atoms with Crippen LogP contribution in [0.2, 0.25) is 0 Å². The van der Waals surface area contributed by atoms with E-state index in [0.29, 0.717) is 35.0 Å². The van der Waals surface area contributed by atoms with Crippen LogP contribution in [-0.2, 0) is 29.3 Å². The molecule has 1 amide bonds. The maximum Gasteiger partial charge on any atom is 0.251 e. The summed E-state index contributed by atoms with van der Waals surface area (Å²) in [6.07, 6.45) is 2.45. The molecule has 37 heavy (non-hydrogen) atoms. The van der Waals surface area contributed by atoms with Crippen molar-refractivity contribution in [3.63, 3.8) is 0 Å². The van der Waals surface area contributed by atoms with Gasteiger partial charge in [-0.1, -0.05) is 39.0 Å². The quantitative estimate of drug-likeness (QED) is 0.475. The Hall–Kier alpha value is -3.54. The van der Waals surface area contributed by atoms with E-state index in [4.69, 9.17) is 5.26 Å². The number of hydrogen-bond donors (Lipinski definition) is 1. The maximum atomic E-state index is 12.9. The number of sulfone groups is 1. The smallest absolute Gasteiger partial charge is 0.251 e. The monoisotopic (exact) mass is 516 g/mol. The van der Waals surface area contributed by atoms with Crippen LogP contribution in [0.3, 0.4) is 0 Å². The molecule has 0 saturated carbocycles. The molecule has 0 unspecified atom stereocenters. The van der Waals surface area contributed by atoms with Gasteiger partial charge in [-0.25, -0.2) is 8.42 Å². The molecule has 4 rings (SSSR count).